The molecule has 0 aliphatic rings. The van der Waals surface area contributed by atoms with Crippen molar-refractivity contribution >= 4 is 23.5 Å². The normalized spacial score (nSPS) is 12.4. The summed E-state index contributed by atoms with van der Waals surface area (Å²) in [5.74, 6) is -0.179. The van der Waals surface area contributed by atoms with Crippen LogP contribution in [0.15, 0.2) is 0 Å². The average molecular weight is 221 g/mol. The second-order valence-electron chi connectivity index (χ2n) is 3.69. The fourth-order valence-electron chi connectivity index (χ4n) is 1.19. The number of hydrogen-bond donors (Lipinski definition) is 2. The number of rotatable bonds is 4. The van der Waals surface area contributed by atoms with Crippen LogP contribution in [-0.2, 0) is 4.79 Å². The van der Waals surface area contributed by atoms with Crippen molar-refractivity contribution in [3.63, 3.8) is 0 Å². The van der Waals surface area contributed by atoms with Crippen molar-refractivity contribution in [2.24, 2.45) is 5.92 Å². The first-order valence-corrected chi connectivity index (χ1v) is 5.15. The monoisotopic (exact) mass is 220 g/mol. The van der Waals surface area contributed by atoms with Crippen molar-refractivity contribution < 1.29 is 9.59 Å². The molecule has 0 fully saturated rings. The van der Waals surface area contributed by atoms with Crippen molar-refractivity contribution in [1.82, 2.24) is 10.6 Å². The Bertz CT molecular complexity index is 207. The number of carbonyl (C=O) groups excluding carboxylic acids is 2. The van der Waals surface area contributed by atoms with Gasteiger partial charge in [-0.2, -0.15) is 0 Å². The van der Waals surface area contributed by atoms with E-state index in [0.717, 1.165) is 6.42 Å². The Morgan fingerprint density at radius 2 is 1.86 bits per heavy atom. The topological polar surface area (TPSA) is 58.2 Å². The van der Waals surface area contributed by atoms with E-state index in [1.54, 1.807) is 0 Å². The molecule has 0 aromatic heterocycles. The molecule has 0 bridgehead atoms. The van der Waals surface area contributed by atoms with Gasteiger partial charge in [-0.1, -0.05) is 13.8 Å². The highest BCUT2D eigenvalue weighted by atomic mass is 35.5. The largest absolute Gasteiger partial charge is 0.335 e. The lowest BCUT2D eigenvalue weighted by atomic mass is 10.1. The molecule has 0 aliphatic heterocycles. The number of urea groups is 1. The summed E-state index contributed by atoms with van der Waals surface area (Å²) < 4.78 is 0. The molecule has 2 N–H and O–H groups in total. The van der Waals surface area contributed by atoms with Crippen molar-refractivity contribution in [3.05, 3.63) is 0 Å². The molecule has 82 valence electrons. The lowest BCUT2D eigenvalue weighted by Gasteiger charge is -2.15. The minimum Gasteiger partial charge on any atom is -0.335 e. The Morgan fingerprint density at radius 3 is 2.29 bits per heavy atom. The molecule has 0 rings (SSSR count). The van der Waals surface area contributed by atoms with Crippen LogP contribution < -0.4 is 10.6 Å². The summed E-state index contributed by atoms with van der Waals surface area (Å²) >= 11 is 5.22. The van der Waals surface area contributed by atoms with Gasteiger partial charge in [0.25, 0.3) is 0 Å². The van der Waals surface area contributed by atoms with E-state index in [9.17, 15) is 9.59 Å². The fourth-order valence-corrected chi connectivity index (χ4v) is 1.25. The lowest BCUT2D eigenvalue weighted by Crippen LogP contribution is -2.44. The molecule has 0 aromatic rings. The van der Waals surface area contributed by atoms with Crippen LogP contribution in [0.4, 0.5) is 4.79 Å². The van der Waals surface area contributed by atoms with Crippen LogP contribution in [0.25, 0.3) is 0 Å². The number of halogens is 1. The summed E-state index contributed by atoms with van der Waals surface area (Å²) in [6, 6.07) is -0.429. The molecule has 5 heteroatoms. The summed E-state index contributed by atoms with van der Waals surface area (Å²) in [5, 5.41) is 4.76. The zero-order valence-corrected chi connectivity index (χ0v) is 9.52. The molecule has 0 radical (unpaired) electrons. The van der Waals surface area contributed by atoms with Crippen LogP contribution in [0.3, 0.4) is 0 Å². The van der Waals surface area contributed by atoms with Gasteiger partial charge in [-0.05, 0) is 19.3 Å². The minimum atomic E-state index is -0.485. The summed E-state index contributed by atoms with van der Waals surface area (Å²) in [6.45, 7) is 6.03. The lowest BCUT2D eigenvalue weighted by molar-refractivity contribution is -0.117. The quantitative estimate of drug-likeness (QED) is 0.706. The zero-order chi connectivity index (χ0) is 11.1. The molecule has 14 heavy (non-hydrogen) atoms. The van der Waals surface area contributed by atoms with E-state index in [-0.39, 0.29) is 11.9 Å². The molecule has 0 aromatic carbocycles. The number of alkyl halides is 1. The fraction of sp³-hybridized carbons (Fsp3) is 0.778. The Morgan fingerprint density at radius 1 is 1.29 bits per heavy atom. The van der Waals surface area contributed by atoms with Gasteiger partial charge in [0, 0.05) is 6.04 Å². The van der Waals surface area contributed by atoms with Gasteiger partial charge in [-0.3, -0.25) is 10.1 Å². The van der Waals surface area contributed by atoms with Gasteiger partial charge >= 0.3 is 6.03 Å². The average Bonchev–Trinajstić information content (AvgIpc) is 2.01. The zero-order valence-electron chi connectivity index (χ0n) is 8.76. The highest BCUT2D eigenvalue weighted by Gasteiger charge is 2.10. The van der Waals surface area contributed by atoms with Crippen LogP contribution in [0.1, 0.15) is 27.2 Å². The van der Waals surface area contributed by atoms with Gasteiger partial charge < -0.3 is 5.32 Å². The van der Waals surface area contributed by atoms with Gasteiger partial charge in [0.05, 0.1) is 0 Å². The van der Waals surface area contributed by atoms with Crippen LogP contribution >= 0.6 is 11.6 Å². The molecule has 1 atom stereocenters. The third kappa shape index (κ3) is 6.71. The Kier molecular flexibility index (Phi) is 6.28. The van der Waals surface area contributed by atoms with Crippen LogP contribution in [0, 0.1) is 5.92 Å². The third-order valence-electron chi connectivity index (χ3n) is 1.58. The van der Waals surface area contributed by atoms with E-state index < -0.39 is 11.9 Å². The van der Waals surface area contributed by atoms with Crippen molar-refractivity contribution in [1.29, 1.82) is 0 Å². The first-order chi connectivity index (χ1) is 6.45. The van der Waals surface area contributed by atoms with Crippen molar-refractivity contribution in [2.45, 2.75) is 33.2 Å². The van der Waals surface area contributed by atoms with Crippen LogP contribution in [0.5, 0.6) is 0 Å². The highest BCUT2D eigenvalue weighted by Crippen LogP contribution is 2.03. The summed E-state index contributed by atoms with van der Waals surface area (Å²) in [4.78, 5) is 21.8. The van der Waals surface area contributed by atoms with E-state index in [4.69, 9.17) is 11.6 Å². The number of nitrogens with one attached hydrogen (secondary N) is 2. The number of amides is 3. The van der Waals surface area contributed by atoms with Gasteiger partial charge in [-0.25, -0.2) is 4.79 Å². The molecular weight excluding hydrogens is 204 g/mol. The maximum absolute atomic E-state index is 11.1. The Hall–Kier alpha value is -0.770. The van der Waals surface area contributed by atoms with Crippen molar-refractivity contribution in [2.75, 3.05) is 5.88 Å². The Labute approximate surface area is 89.4 Å². The smallest absolute Gasteiger partial charge is 0.321 e. The highest BCUT2D eigenvalue weighted by molar-refractivity contribution is 6.28. The maximum atomic E-state index is 11.1. The molecule has 0 saturated carbocycles. The third-order valence-corrected chi connectivity index (χ3v) is 1.82. The molecule has 0 spiro atoms. The summed E-state index contributed by atoms with van der Waals surface area (Å²) in [6.07, 6.45) is 0.877. The molecule has 4 nitrogen and oxygen atoms in total. The standard InChI is InChI=1S/C9H17ClN2O2/c1-6(2)4-7(3)11-9(14)12-8(13)5-10/h6-7H,4-5H2,1-3H3,(H2,11,12,13,14). The minimum absolute atomic E-state index is 0.0538. The summed E-state index contributed by atoms with van der Waals surface area (Å²) in [7, 11) is 0. The predicted octanol–water partition coefficient (Wildman–Crippen LogP) is 1.49. The van der Waals surface area contributed by atoms with E-state index >= 15 is 0 Å². The molecule has 1 unspecified atom stereocenters. The predicted molar refractivity (Wildman–Crippen MR) is 56.3 cm³/mol. The molecule has 0 heterocycles. The maximum Gasteiger partial charge on any atom is 0.321 e. The summed E-state index contributed by atoms with van der Waals surface area (Å²) in [5.41, 5.74) is 0. The van der Waals surface area contributed by atoms with Gasteiger partial charge in [0.2, 0.25) is 5.91 Å². The van der Waals surface area contributed by atoms with Crippen LogP contribution in [-0.4, -0.2) is 23.9 Å². The Balaban J connectivity index is 3.76. The van der Waals surface area contributed by atoms with E-state index in [1.807, 2.05) is 6.92 Å². The molecule has 0 aliphatic carbocycles. The number of carbonyl (C=O) groups is 2. The molecular formula is C9H17ClN2O2. The molecule has 3 amide bonds. The van der Waals surface area contributed by atoms with Crippen molar-refractivity contribution in [3.8, 4) is 0 Å². The van der Waals surface area contributed by atoms with E-state index in [2.05, 4.69) is 24.5 Å². The van der Waals surface area contributed by atoms with E-state index in [0.29, 0.717) is 5.92 Å². The van der Waals surface area contributed by atoms with Gasteiger partial charge in [0.1, 0.15) is 5.88 Å². The van der Waals surface area contributed by atoms with Gasteiger partial charge in [0.15, 0.2) is 0 Å². The number of hydrogen-bond acceptors (Lipinski definition) is 2. The number of imide groups is 1. The molecule has 0 saturated heterocycles. The SMILES string of the molecule is CC(C)CC(C)NC(=O)NC(=O)CCl. The second kappa shape index (κ2) is 6.65. The second-order valence-corrected chi connectivity index (χ2v) is 3.95. The van der Waals surface area contributed by atoms with Gasteiger partial charge in [-0.15, -0.1) is 11.6 Å². The van der Waals surface area contributed by atoms with Crippen LogP contribution in [0.2, 0.25) is 0 Å². The van der Waals surface area contributed by atoms with E-state index in [1.165, 1.54) is 0 Å². The first-order valence-electron chi connectivity index (χ1n) is 4.62. The first kappa shape index (κ1) is 13.2.